The summed E-state index contributed by atoms with van der Waals surface area (Å²) >= 11 is 0. The molecule has 0 aliphatic heterocycles. The van der Waals surface area contributed by atoms with Gasteiger partial charge < -0.3 is 0 Å². The van der Waals surface area contributed by atoms with Crippen molar-refractivity contribution in [3.05, 3.63) is 47.5 Å². The standard InChI is InChI=1S/C17H26/c1-7-9-14(8-2)15-11-10-13(3)16(12-15)17(4,5)6/h7,10-12,14H,1,8-9H2,2-6H3. The first-order valence-electron chi connectivity index (χ1n) is 6.62. The van der Waals surface area contributed by atoms with E-state index in [2.05, 4.69) is 59.4 Å². The number of allylic oxidation sites excluding steroid dienone is 1. The number of hydrogen-bond acceptors (Lipinski definition) is 0. The maximum absolute atomic E-state index is 3.86. The maximum Gasteiger partial charge on any atom is -0.0129 e. The Balaban J connectivity index is 3.15. The number of benzene rings is 1. The molecule has 1 aromatic rings. The highest BCUT2D eigenvalue weighted by molar-refractivity contribution is 5.37. The van der Waals surface area contributed by atoms with E-state index in [1.54, 1.807) is 0 Å². The lowest BCUT2D eigenvalue weighted by Gasteiger charge is -2.24. The van der Waals surface area contributed by atoms with E-state index < -0.39 is 0 Å². The van der Waals surface area contributed by atoms with Crippen LogP contribution in [0.4, 0.5) is 0 Å². The molecule has 0 aliphatic carbocycles. The average Bonchev–Trinajstić information content (AvgIpc) is 2.25. The Bertz CT molecular complexity index is 380. The summed E-state index contributed by atoms with van der Waals surface area (Å²) in [7, 11) is 0. The summed E-state index contributed by atoms with van der Waals surface area (Å²) in [6.07, 6.45) is 4.28. The molecule has 94 valence electrons. The first kappa shape index (κ1) is 14.0. The Morgan fingerprint density at radius 2 is 1.94 bits per heavy atom. The molecule has 0 fully saturated rings. The van der Waals surface area contributed by atoms with Crippen LogP contribution in [0.5, 0.6) is 0 Å². The molecule has 0 aromatic heterocycles. The Hall–Kier alpha value is -1.04. The Morgan fingerprint density at radius 3 is 2.41 bits per heavy atom. The lowest BCUT2D eigenvalue weighted by Crippen LogP contribution is -2.14. The molecule has 0 spiro atoms. The van der Waals surface area contributed by atoms with Crippen LogP contribution in [0, 0.1) is 6.92 Å². The van der Waals surface area contributed by atoms with Crippen molar-refractivity contribution < 1.29 is 0 Å². The predicted octanol–water partition coefficient (Wildman–Crippen LogP) is 5.36. The van der Waals surface area contributed by atoms with E-state index in [-0.39, 0.29) is 5.41 Å². The van der Waals surface area contributed by atoms with Crippen molar-refractivity contribution in [2.45, 2.75) is 58.8 Å². The van der Waals surface area contributed by atoms with Crippen LogP contribution in [0.2, 0.25) is 0 Å². The lowest BCUT2D eigenvalue weighted by atomic mass is 9.81. The summed E-state index contributed by atoms with van der Waals surface area (Å²) < 4.78 is 0. The van der Waals surface area contributed by atoms with Crippen LogP contribution in [-0.2, 0) is 5.41 Å². The second-order valence-electron chi connectivity index (χ2n) is 5.95. The summed E-state index contributed by atoms with van der Waals surface area (Å²) in [6, 6.07) is 6.94. The molecule has 0 aliphatic rings. The topological polar surface area (TPSA) is 0 Å². The van der Waals surface area contributed by atoms with Crippen LogP contribution in [0.15, 0.2) is 30.9 Å². The molecule has 0 saturated carbocycles. The van der Waals surface area contributed by atoms with Gasteiger partial charge in [-0.1, -0.05) is 52.0 Å². The Morgan fingerprint density at radius 1 is 1.29 bits per heavy atom. The largest absolute Gasteiger partial charge is 0.103 e. The summed E-state index contributed by atoms with van der Waals surface area (Å²) in [5.74, 6) is 0.620. The van der Waals surface area contributed by atoms with Crippen LogP contribution in [0.1, 0.15) is 63.1 Å². The van der Waals surface area contributed by atoms with E-state index in [4.69, 9.17) is 0 Å². The predicted molar refractivity (Wildman–Crippen MR) is 77.7 cm³/mol. The molecular weight excluding hydrogens is 204 g/mol. The van der Waals surface area contributed by atoms with Gasteiger partial charge in [-0.2, -0.15) is 0 Å². The highest BCUT2D eigenvalue weighted by Gasteiger charge is 2.18. The van der Waals surface area contributed by atoms with Crippen molar-refractivity contribution in [2.75, 3.05) is 0 Å². The Labute approximate surface area is 107 Å². The van der Waals surface area contributed by atoms with Crippen LogP contribution in [-0.4, -0.2) is 0 Å². The molecule has 0 radical (unpaired) electrons. The van der Waals surface area contributed by atoms with Crippen molar-refractivity contribution in [1.29, 1.82) is 0 Å². The molecule has 1 unspecified atom stereocenters. The van der Waals surface area contributed by atoms with Gasteiger partial charge >= 0.3 is 0 Å². The monoisotopic (exact) mass is 230 g/mol. The molecule has 1 rings (SSSR count). The zero-order valence-corrected chi connectivity index (χ0v) is 12.0. The number of hydrogen-bond donors (Lipinski definition) is 0. The van der Waals surface area contributed by atoms with E-state index in [9.17, 15) is 0 Å². The first-order valence-corrected chi connectivity index (χ1v) is 6.62. The summed E-state index contributed by atoms with van der Waals surface area (Å²) in [4.78, 5) is 0. The third kappa shape index (κ3) is 3.46. The van der Waals surface area contributed by atoms with E-state index in [0.717, 1.165) is 6.42 Å². The van der Waals surface area contributed by atoms with Gasteiger partial charge in [0.1, 0.15) is 0 Å². The van der Waals surface area contributed by atoms with Gasteiger partial charge in [0.15, 0.2) is 0 Å². The smallest absolute Gasteiger partial charge is 0.0129 e. The fourth-order valence-electron chi connectivity index (χ4n) is 2.44. The zero-order chi connectivity index (χ0) is 13.1. The minimum absolute atomic E-state index is 0.229. The molecular formula is C17H26. The van der Waals surface area contributed by atoms with E-state index in [1.165, 1.54) is 23.1 Å². The minimum atomic E-state index is 0.229. The highest BCUT2D eigenvalue weighted by atomic mass is 14.2. The molecule has 0 heteroatoms. The lowest BCUT2D eigenvalue weighted by molar-refractivity contribution is 0.581. The van der Waals surface area contributed by atoms with Gasteiger partial charge in [0, 0.05) is 0 Å². The van der Waals surface area contributed by atoms with Crippen molar-refractivity contribution in [3.8, 4) is 0 Å². The number of aryl methyl sites for hydroxylation is 1. The molecule has 1 atom stereocenters. The zero-order valence-electron chi connectivity index (χ0n) is 12.0. The Kier molecular flexibility index (Phi) is 4.56. The molecule has 17 heavy (non-hydrogen) atoms. The minimum Gasteiger partial charge on any atom is -0.103 e. The van der Waals surface area contributed by atoms with Crippen LogP contribution in [0.3, 0.4) is 0 Å². The molecule has 1 aromatic carbocycles. The van der Waals surface area contributed by atoms with Crippen LogP contribution in [0.25, 0.3) is 0 Å². The molecule has 0 nitrogen and oxygen atoms in total. The summed E-state index contributed by atoms with van der Waals surface area (Å²) in [5, 5.41) is 0. The second-order valence-corrected chi connectivity index (χ2v) is 5.95. The van der Waals surface area contributed by atoms with Gasteiger partial charge in [-0.15, -0.1) is 6.58 Å². The molecule has 0 heterocycles. The van der Waals surface area contributed by atoms with Gasteiger partial charge in [-0.3, -0.25) is 0 Å². The highest BCUT2D eigenvalue weighted by Crippen LogP contribution is 2.31. The van der Waals surface area contributed by atoms with Gasteiger partial charge in [-0.05, 0) is 47.8 Å². The number of rotatable bonds is 4. The van der Waals surface area contributed by atoms with Crippen LogP contribution >= 0.6 is 0 Å². The summed E-state index contributed by atoms with van der Waals surface area (Å²) in [6.45, 7) is 15.2. The quantitative estimate of drug-likeness (QED) is 0.611. The van der Waals surface area contributed by atoms with Gasteiger partial charge in [0.25, 0.3) is 0 Å². The van der Waals surface area contributed by atoms with E-state index >= 15 is 0 Å². The molecule has 0 amide bonds. The molecule has 0 N–H and O–H groups in total. The normalized spacial score (nSPS) is 13.5. The van der Waals surface area contributed by atoms with Gasteiger partial charge in [0.05, 0.1) is 0 Å². The van der Waals surface area contributed by atoms with Crippen molar-refractivity contribution in [1.82, 2.24) is 0 Å². The van der Waals surface area contributed by atoms with Crippen molar-refractivity contribution in [3.63, 3.8) is 0 Å². The van der Waals surface area contributed by atoms with Gasteiger partial charge in [0.2, 0.25) is 0 Å². The molecule has 0 bridgehead atoms. The van der Waals surface area contributed by atoms with Crippen molar-refractivity contribution >= 4 is 0 Å². The fraction of sp³-hybridized carbons (Fsp3) is 0.529. The van der Waals surface area contributed by atoms with Crippen molar-refractivity contribution in [2.24, 2.45) is 0 Å². The average molecular weight is 230 g/mol. The first-order chi connectivity index (χ1) is 7.90. The van der Waals surface area contributed by atoms with Gasteiger partial charge in [-0.25, -0.2) is 0 Å². The van der Waals surface area contributed by atoms with E-state index in [1.807, 2.05) is 6.08 Å². The summed E-state index contributed by atoms with van der Waals surface area (Å²) in [5.41, 5.74) is 4.56. The third-order valence-corrected chi connectivity index (χ3v) is 3.49. The fourth-order valence-corrected chi connectivity index (χ4v) is 2.44. The van der Waals surface area contributed by atoms with E-state index in [0.29, 0.717) is 5.92 Å². The van der Waals surface area contributed by atoms with Crippen LogP contribution < -0.4 is 0 Å². The third-order valence-electron chi connectivity index (χ3n) is 3.49. The molecule has 0 saturated heterocycles. The maximum atomic E-state index is 3.86. The SMILES string of the molecule is C=CCC(CC)c1ccc(C)c(C(C)(C)C)c1. The second kappa shape index (κ2) is 5.53.